The Morgan fingerprint density at radius 3 is 2.44 bits per heavy atom. The van der Waals surface area contributed by atoms with Gasteiger partial charge in [0, 0.05) is 11.9 Å². The molecule has 1 fully saturated rings. The Bertz CT molecular complexity index is 497. The van der Waals surface area contributed by atoms with Crippen LogP contribution in [0.25, 0.3) is 0 Å². The average molecular weight is 334 g/mol. The molecule has 2 rings (SSSR count). The van der Waals surface area contributed by atoms with E-state index in [1.54, 1.807) is 24.3 Å². The Balaban J connectivity index is 1.99. The maximum absolute atomic E-state index is 11.9. The molecule has 0 saturated heterocycles. The number of nitrogens with one attached hydrogen (secondary N) is 1. The second-order valence-electron chi connectivity index (χ2n) is 4.53. The lowest BCUT2D eigenvalue weighted by Gasteiger charge is -2.11. The van der Waals surface area contributed by atoms with Crippen LogP contribution in [-0.4, -0.2) is 26.2 Å². The fourth-order valence-electron chi connectivity index (χ4n) is 1.68. The van der Waals surface area contributed by atoms with Crippen molar-refractivity contribution in [3.8, 4) is 0 Å². The van der Waals surface area contributed by atoms with Crippen LogP contribution in [0.3, 0.4) is 0 Å². The summed E-state index contributed by atoms with van der Waals surface area (Å²) in [7, 11) is -3.51. The van der Waals surface area contributed by atoms with Crippen LogP contribution in [-0.2, 0) is 15.4 Å². The third-order valence-electron chi connectivity index (χ3n) is 3.04. The van der Waals surface area contributed by atoms with Gasteiger partial charge < -0.3 is 5.11 Å². The van der Waals surface area contributed by atoms with E-state index in [-0.39, 0.29) is 17.4 Å². The normalized spacial score (nSPS) is 17.7. The molecule has 1 aromatic carbocycles. The van der Waals surface area contributed by atoms with Gasteiger partial charge in [0.1, 0.15) is 0 Å². The number of sulfonamides is 1. The fourth-order valence-corrected chi connectivity index (χ4v) is 3.11. The van der Waals surface area contributed by atoms with Gasteiger partial charge in [0.15, 0.2) is 0 Å². The molecule has 1 atom stereocenters. The monoisotopic (exact) mass is 333 g/mol. The van der Waals surface area contributed by atoms with E-state index < -0.39 is 16.1 Å². The minimum atomic E-state index is -3.51. The largest absolute Gasteiger partial charge is 0.391 e. The maximum atomic E-state index is 11.9. The first-order valence-electron chi connectivity index (χ1n) is 5.85. The molecule has 1 unspecified atom stereocenters. The zero-order valence-corrected chi connectivity index (χ0v) is 12.2. The highest BCUT2D eigenvalue weighted by molar-refractivity contribution is 9.08. The highest BCUT2D eigenvalue weighted by atomic mass is 79.9. The van der Waals surface area contributed by atoms with E-state index in [2.05, 4.69) is 20.7 Å². The van der Waals surface area contributed by atoms with Crippen molar-refractivity contribution in [3.63, 3.8) is 0 Å². The van der Waals surface area contributed by atoms with Crippen LogP contribution in [0.1, 0.15) is 18.4 Å². The molecule has 100 valence electrons. The molecule has 0 amide bonds. The van der Waals surface area contributed by atoms with Crippen LogP contribution >= 0.6 is 15.9 Å². The standard InChI is InChI=1S/C12H16BrNO3S/c13-7-9-1-5-11(6-2-9)18(16,17)14-8-12(15)10-3-4-10/h1-2,5-6,10,12,14-15H,3-4,7-8H2. The molecule has 1 aliphatic carbocycles. The van der Waals surface area contributed by atoms with Crippen LogP contribution in [0.4, 0.5) is 0 Å². The molecule has 0 radical (unpaired) electrons. The lowest BCUT2D eigenvalue weighted by Crippen LogP contribution is -2.33. The Labute approximate surface area is 116 Å². The first-order chi connectivity index (χ1) is 8.53. The second kappa shape index (κ2) is 5.69. The number of aliphatic hydroxyl groups is 1. The van der Waals surface area contributed by atoms with Crippen molar-refractivity contribution in [2.45, 2.75) is 29.2 Å². The topological polar surface area (TPSA) is 66.4 Å². The number of hydrogen-bond acceptors (Lipinski definition) is 3. The lowest BCUT2D eigenvalue weighted by atomic mass is 10.2. The SMILES string of the molecule is O=S(=O)(NCC(O)C1CC1)c1ccc(CBr)cc1. The number of alkyl halides is 1. The van der Waals surface area contributed by atoms with E-state index in [1.165, 1.54) is 0 Å². The Morgan fingerprint density at radius 2 is 1.94 bits per heavy atom. The number of hydrogen-bond donors (Lipinski definition) is 2. The first-order valence-corrected chi connectivity index (χ1v) is 8.46. The molecule has 6 heteroatoms. The lowest BCUT2D eigenvalue weighted by molar-refractivity contribution is 0.155. The van der Waals surface area contributed by atoms with Crippen LogP contribution in [0.2, 0.25) is 0 Å². The average Bonchev–Trinajstić information content (AvgIpc) is 3.20. The predicted molar refractivity (Wildman–Crippen MR) is 73.0 cm³/mol. The molecule has 1 saturated carbocycles. The molecule has 0 bridgehead atoms. The summed E-state index contributed by atoms with van der Waals surface area (Å²) in [5.74, 6) is 0.267. The summed E-state index contributed by atoms with van der Waals surface area (Å²) in [5.41, 5.74) is 1.02. The van der Waals surface area contributed by atoms with E-state index in [0.29, 0.717) is 5.33 Å². The van der Waals surface area contributed by atoms with Gasteiger partial charge in [0.05, 0.1) is 11.0 Å². The number of rotatable bonds is 6. The fraction of sp³-hybridized carbons (Fsp3) is 0.500. The van der Waals surface area contributed by atoms with Crippen molar-refractivity contribution in [2.75, 3.05) is 6.54 Å². The van der Waals surface area contributed by atoms with Gasteiger partial charge in [-0.2, -0.15) is 0 Å². The summed E-state index contributed by atoms with van der Waals surface area (Å²) in [6.07, 6.45) is 1.41. The van der Waals surface area contributed by atoms with Crippen LogP contribution in [0, 0.1) is 5.92 Å². The van der Waals surface area contributed by atoms with Gasteiger partial charge in [-0.15, -0.1) is 0 Å². The molecule has 4 nitrogen and oxygen atoms in total. The molecule has 0 aliphatic heterocycles. The molecule has 1 aromatic rings. The Morgan fingerprint density at radius 1 is 1.33 bits per heavy atom. The van der Waals surface area contributed by atoms with Gasteiger partial charge in [-0.3, -0.25) is 0 Å². The van der Waals surface area contributed by atoms with Crippen molar-refractivity contribution >= 4 is 26.0 Å². The quantitative estimate of drug-likeness (QED) is 0.777. The van der Waals surface area contributed by atoms with Crippen molar-refractivity contribution in [3.05, 3.63) is 29.8 Å². The summed E-state index contributed by atoms with van der Waals surface area (Å²) in [6, 6.07) is 6.67. The molecule has 0 aromatic heterocycles. The van der Waals surface area contributed by atoms with E-state index in [0.717, 1.165) is 18.4 Å². The second-order valence-corrected chi connectivity index (χ2v) is 6.86. The van der Waals surface area contributed by atoms with E-state index in [9.17, 15) is 13.5 Å². The smallest absolute Gasteiger partial charge is 0.240 e. The zero-order chi connectivity index (χ0) is 13.2. The molecular formula is C12H16BrNO3S. The molecular weight excluding hydrogens is 318 g/mol. The van der Waals surface area contributed by atoms with Gasteiger partial charge in [-0.05, 0) is 36.5 Å². The van der Waals surface area contributed by atoms with Crippen LogP contribution in [0.5, 0.6) is 0 Å². The van der Waals surface area contributed by atoms with Crippen LogP contribution in [0.15, 0.2) is 29.2 Å². The molecule has 2 N–H and O–H groups in total. The summed E-state index contributed by atoms with van der Waals surface area (Å²) >= 11 is 3.31. The maximum Gasteiger partial charge on any atom is 0.240 e. The van der Waals surface area contributed by atoms with Crippen molar-refractivity contribution in [2.24, 2.45) is 5.92 Å². The Kier molecular flexibility index (Phi) is 4.42. The minimum Gasteiger partial charge on any atom is -0.391 e. The van der Waals surface area contributed by atoms with Gasteiger partial charge in [0.25, 0.3) is 0 Å². The summed E-state index contributed by atoms with van der Waals surface area (Å²) in [6.45, 7) is 0.0905. The summed E-state index contributed by atoms with van der Waals surface area (Å²) in [5, 5.41) is 10.3. The van der Waals surface area contributed by atoms with Gasteiger partial charge in [0.2, 0.25) is 10.0 Å². The van der Waals surface area contributed by atoms with Crippen molar-refractivity contribution in [1.29, 1.82) is 0 Å². The minimum absolute atomic E-state index is 0.0905. The van der Waals surface area contributed by atoms with E-state index in [4.69, 9.17) is 0 Å². The summed E-state index contributed by atoms with van der Waals surface area (Å²) in [4.78, 5) is 0.232. The van der Waals surface area contributed by atoms with E-state index >= 15 is 0 Å². The van der Waals surface area contributed by atoms with Crippen molar-refractivity contribution < 1.29 is 13.5 Å². The molecule has 18 heavy (non-hydrogen) atoms. The molecule has 1 aliphatic rings. The number of halogens is 1. The third kappa shape index (κ3) is 3.54. The van der Waals surface area contributed by atoms with Gasteiger partial charge in [-0.1, -0.05) is 28.1 Å². The number of aliphatic hydroxyl groups excluding tert-OH is 1. The van der Waals surface area contributed by atoms with Gasteiger partial charge in [-0.25, -0.2) is 13.1 Å². The molecule has 0 heterocycles. The number of benzene rings is 1. The summed E-state index contributed by atoms with van der Waals surface area (Å²) < 4.78 is 26.3. The molecule has 0 spiro atoms. The zero-order valence-electron chi connectivity index (χ0n) is 9.84. The highest BCUT2D eigenvalue weighted by Crippen LogP contribution is 2.32. The first kappa shape index (κ1) is 14.0. The van der Waals surface area contributed by atoms with Gasteiger partial charge >= 0.3 is 0 Å². The Hall–Kier alpha value is -0.430. The van der Waals surface area contributed by atoms with Crippen LogP contribution < -0.4 is 4.72 Å². The highest BCUT2D eigenvalue weighted by Gasteiger charge is 2.30. The third-order valence-corrected chi connectivity index (χ3v) is 5.12. The van der Waals surface area contributed by atoms with E-state index in [1.807, 2.05) is 0 Å². The van der Waals surface area contributed by atoms with Crippen molar-refractivity contribution in [1.82, 2.24) is 4.72 Å². The predicted octanol–water partition coefficient (Wildman–Crippen LogP) is 1.63.